The predicted octanol–water partition coefficient (Wildman–Crippen LogP) is 5.50. The van der Waals surface area contributed by atoms with Gasteiger partial charge in [0.1, 0.15) is 0 Å². The summed E-state index contributed by atoms with van der Waals surface area (Å²) in [5, 5.41) is 7.39. The number of imidazole rings is 1. The number of carbonyl (C=O) groups is 1. The maximum absolute atomic E-state index is 12.6. The van der Waals surface area contributed by atoms with Crippen molar-refractivity contribution in [2.24, 2.45) is 0 Å². The number of ether oxygens (including phenoxy) is 1. The van der Waals surface area contributed by atoms with Crippen molar-refractivity contribution >= 4 is 57.3 Å². The van der Waals surface area contributed by atoms with Crippen LogP contribution in [0.1, 0.15) is 5.01 Å². The van der Waals surface area contributed by atoms with Gasteiger partial charge in [0.25, 0.3) is 0 Å². The lowest BCUT2D eigenvalue weighted by Crippen LogP contribution is -2.15. The molecule has 0 fully saturated rings. The summed E-state index contributed by atoms with van der Waals surface area (Å²) in [6.45, 7) is 3.18. The lowest BCUT2D eigenvalue weighted by molar-refractivity contribution is -0.113. The van der Waals surface area contributed by atoms with Gasteiger partial charge in [-0.25, -0.2) is 9.97 Å². The number of nitrogens with zero attached hydrogens (tertiary/aromatic N) is 3. The number of hydrogen-bond donors (Lipinski definition) is 1. The van der Waals surface area contributed by atoms with Gasteiger partial charge in [0.2, 0.25) is 5.91 Å². The predicted molar refractivity (Wildman–Crippen MR) is 128 cm³/mol. The third-order valence-corrected chi connectivity index (χ3v) is 6.57. The second kappa shape index (κ2) is 9.82. The normalized spacial score (nSPS) is 11.2. The second-order valence-corrected chi connectivity index (χ2v) is 9.28. The van der Waals surface area contributed by atoms with Crippen LogP contribution < -0.4 is 5.32 Å². The van der Waals surface area contributed by atoms with E-state index in [1.54, 1.807) is 18.4 Å². The Kier molecular flexibility index (Phi) is 6.92. The number of carbonyl (C=O) groups excluding carboxylic acids is 1. The highest BCUT2D eigenvalue weighted by Crippen LogP contribution is 2.27. The van der Waals surface area contributed by atoms with Crippen LogP contribution in [0.4, 0.5) is 5.69 Å². The number of rotatable bonds is 8. The molecule has 2 aromatic carbocycles. The van der Waals surface area contributed by atoms with Crippen LogP contribution in [-0.2, 0) is 16.1 Å². The third kappa shape index (κ3) is 5.27. The zero-order valence-electron chi connectivity index (χ0n) is 17.1. The first kappa shape index (κ1) is 21.8. The van der Waals surface area contributed by atoms with Crippen LogP contribution in [0.15, 0.2) is 53.0 Å². The summed E-state index contributed by atoms with van der Waals surface area (Å²) in [5.74, 6) is 0.143. The van der Waals surface area contributed by atoms with Crippen molar-refractivity contribution in [2.75, 3.05) is 24.8 Å². The van der Waals surface area contributed by atoms with Crippen molar-refractivity contribution in [1.82, 2.24) is 14.5 Å². The average molecular weight is 473 g/mol. The van der Waals surface area contributed by atoms with Gasteiger partial charge < -0.3 is 14.6 Å². The molecule has 9 heteroatoms. The molecule has 2 aromatic heterocycles. The standard InChI is InChI=1S/C22H21ClN4O2S2/c1-14-24-19(12-30-14)15-4-3-5-17(10-15)25-21(28)13-31-22-26-18-11-16(23)6-7-20(18)27(22)8-9-29-2/h3-7,10-12H,8-9,13H2,1-2H3,(H,25,28). The highest BCUT2D eigenvalue weighted by atomic mass is 35.5. The fourth-order valence-corrected chi connectivity index (χ4v) is 4.80. The molecule has 0 aliphatic rings. The molecular formula is C22H21ClN4O2S2. The van der Waals surface area contributed by atoms with Gasteiger partial charge in [-0.2, -0.15) is 0 Å². The van der Waals surface area contributed by atoms with Crippen LogP contribution in [0.3, 0.4) is 0 Å². The van der Waals surface area contributed by atoms with E-state index in [1.165, 1.54) is 11.8 Å². The molecule has 0 saturated heterocycles. The van der Waals surface area contributed by atoms with E-state index in [4.69, 9.17) is 16.3 Å². The Morgan fingerprint density at radius 3 is 2.90 bits per heavy atom. The molecule has 0 atom stereocenters. The second-order valence-electron chi connectivity index (χ2n) is 6.84. The van der Waals surface area contributed by atoms with E-state index in [2.05, 4.69) is 19.9 Å². The first-order valence-corrected chi connectivity index (χ1v) is 11.9. The van der Waals surface area contributed by atoms with Gasteiger partial charge in [-0.1, -0.05) is 35.5 Å². The van der Waals surface area contributed by atoms with Gasteiger partial charge in [-0.15, -0.1) is 11.3 Å². The van der Waals surface area contributed by atoms with Gasteiger partial charge in [0.15, 0.2) is 5.16 Å². The van der Waals surface area contributed by atoms with Crippen molar-refractivity contribution in [3.8, 4) is 11.3 Å². The van der Waals surface area contributed by atoms with Crippen LogP contribution in [0.25, 0.3) is 22.3 Å². The summed E-state index contributed by atoms with van der Waals surface area (Å²) in [4.78, 5) is 21.8. The quantitative estimate of drug-likeness (QED) is 0.343. The fourth-order valence-electron chi connectivity index (χ4n) is 3.17. The molecule has 31 heavy (non-hydrogen) atoms. The molecule has 0 aliphatic heterocycles. The molecule has 0 radical (unpaired) electrons. The number of halogens is 1. The SMILES string of the molecule is COCCn1c(SCC(=O)Nc2cccc(-c3csc(C)n3)c2)nc2cc(Cl)ccc21. The summed E-state index contributed by atoms with van der Waals surface area (Å²) >= 11 is 9.11. The van der Waals surface area contributed by atoms with E-state index >= 15 is 0 Å². The fraction of sp³-hybridized carbons (Fsp3) is 0.227. The van der Waals surface area contributed by atoms with Gasteiger partial charge in [-0.05, 0) is 37.3 Å². The summed E-state index contributed by atoms with van der Waals surface area (Å²) in [6, 6.07) is 13.3. The van der Waals surface area contributed by atoms with Crippen molar-refractivity contribution < 1.29 is 9.53 Å². The van der Waals surface area contributed by atoms with Crippen molar-refractivity contribution in [1.29, 1.82) is 0 Å². The molecule has 0 aliphatic carbocycles. The van der Waals surface area contributed by atoms with Gasteiger partial charge in [0, 0.05) is 35.3 Å². The number of benzene rings is 2. The number of hydrogen-bond acceptors (Lipinski definition) is 6. The number of nitrogens with one attached hydrogen (secondary N) is 1. The van der Waals surface area contributed by atoms with Crippen LogP contribution >= 0.6 is 34.7 Å². The van der Waals surface area contributed by atoms with Crippen molar-refractivity contribution in [3.05, 3.63) is 57.9 Å². The van der Waals surface area contributed by atoms with E-state index in [9.17, 15) is 4.79 Å². The highest BCUT2D eigenvalue weighted by molar-refractivity contribution is 7.99. The van der Waals surface area contributed by atoms with E-state index in [0.717, 1.165) is 38.1 Å². The molecule has 2 heterocycles. The summed E-state index contributed by atoms with van der Waals surface area (Å²) < 4.78 is 7.28. The number of aromatic nitrogens is 3. The molecule has 1 N–H and O–H groups in total. The number of methoxy groups -OCH3 is 1. The number of fused-ring (bicyclic) bond motifs is 1. The molecule has 4 aromatic rings. The Bertz CT molecular complexity index is 1220. The summed E-state index contributed by atoms with van der Waals surface area (Å²) in [5.41, 5.74) is 4.41. The number of aryl methyl sites for hydroxylation is 1. The molecule has 6 nitrogen and oxygen atoms in total. The van der Waals surface area contributed by atoms with E-state index in [0.29, 0.717) is 18.2 Å². The smallest absolute Gasteiger partial charge is 0.234 e. The summed E-state index contributed by atoms with van der Waals surface area (Å²) in [6.07, 6.45) is 0. The van der Waals surface area contributed by atoms with Gasteiger partial charge >= 0.3 is 0 Å². The summed E-state index contributed by atoms with van der Waals surface area (Å²) in [7, 11) is 1.66. The number of thiazole rings is 1. The first-order chi connectivity index (χ1) is 15.0. The van der Waals surface area contributed by atoms with Crippen LogP contribution in [0, 0.1) is 6.92 Å². The van der Waals surface area contributed by atoms with Crippen LogP contribution in [0.2, 0.25) is 5.02 Å². The Balaban J connectivity index is 1.46. The third-order valence-electron chi connectivity index (χ3n) is 4.59. The number of anilines is 1. The Hall–Kier alpha value is -2.39. The first-order valence-electron chi connectivity index (χ1n) is 9.63. The highest BCUT2D eigenvalue weighted by Gasteiger charge is 2.14. The number of amides is 1. The lowest BCUT2D eigenvalue weighted by atomic mass is 10.1. The maximum Gasteiger partial charge on any atom is 0.234 e. The van der Waals surface area contributed by atoms with Crippen LogP contribution in [-0.4, -0.2) is 39.9 Å². The van der Waals surface area contributed by atoms with Crippen molar-refractivity contribution in [2.45, 2.75) is 18.6 Å². The Morgan fingerprint density at radius 1 is 1.26 bits per heavy atom. The van der Waals surface area contributed by atoms with Gasteiger partial charge in [-0.3, -0.25) is 4.79 Å². The number of thioether (sulfide) groups is 1. The van der Waals surface area contributed by atoms with Gasteiger partial charge in [0.05, 0.1) is 34.1 Å². The molecular weight excluding hydrogens is 452 g/mol. The minimum Gasteiger partial charge on any atom is -0.383 e. The average Bonchev–Trinajstić information content (AvgIpc) is 3.34. The molecule has 4 rings (SSSR count). The minimum absolute atomic E-state index is 0.0972. The van der Waals surface area contributed by atoms with E-state index < -0.39 is 0 Å². The lowest BCUT2D eigenvalue weighted by Gasteiger charge is -2.09. The molecule has 0 bridgehead atoms. The molecule has 0 unspecified atom stereocenters. The molecule has 1 amide bonds. The zero-order chi connectivity index (χ0) is 21.8. The topological polar surface area (TPSA) is 69.0 Å². The van der Waals surface area contributed by atoms with Crippen LogP contribution in [0.5, 0.6) is 0 Å². The monoisotopic (exact) mass is 472 g/mol. The molecule has 160 valence electrons. The van der Waals surface area contributed by atoms with E-state index in [-0.39, 0.29) is 11.7 Å². The Morgan fingerprint density at radius 2 is 2.13 bits per heavy atom. The largest absolute Gasteiger partial charge is 0.383 e. The Labute approximate surface area is 193 Å². The minimum atomic E-state index is -0.0972. The molecule has 0 spiro atoms. The molecule has 0 saturated carbocycles. The van der Waals surface area contributed by atoms with E-state index in [1.807, 2.05) is 54.8 Å². The zero-order valence-corrected chi connectivity index (χ0v) is 19.5. The van der Waals surface area contributed by atoms with Crippen molar-refractivity contribution in [3.63, 3.8) is 0 Å². The maximum atomic E-state index is 12.6.